The van der Waals surface area contributed by atoms with Crippen LogP contribution in [0.15, 0.2) is 18.2 Å². The van der Waals surface area contributed by atoms with Gasteiger partial charge in [-0.3, -0.25) is 4.79 Å². The Morgan fingerprint density at radius 1 is 1.21 bits per heavy atom. The van der Waals surface area contributed by atoms with Crippen LogP contribution in [-0.2, 0) is 20.5 Å². The molecule has 0 bridgehead atoms. The molecule has 1 unspecified atom stereocenters. The quantitative estimate of drug-likeness (QED) is 0.582. The zero-order valence-corrected chi connectivity index (χ0v) is 15.9. The summed E-state index contributed by atoms with van der Waals surface area (Å²) in [6.07, 6.45) is -2.78. The van der Waals surface area contributed by atoms with E-state index in [1.54, 1.807) is 0 Å². The van der Waals surface area contributed by atoms with E-state index in [1.807, 2.05) is 6.92 Å². The molecule has 0 aromatic heterocycles. The van der Waals surface area contributed by atoms with Gasteiger partial charge in [0.15, 0.2) is 0 Å². The van der Waals surface area contributed by atoms with Gasteiger partial charge in [-0.15, -0.1) is 0 Å². The number of hydrogen-bond donors (Lipinski definition) is 3. The molecule has 0 aliphatic heterocycles. The minimum absolute atomic E-state index is 0.374. The number of carbonyl (C=O) groups excluding carboxylic acids is 3. The molecule has 1 atom stereocenters. The van der Waals surface area contributed by atoms with Crippen molar-refractivity contribution in [3.8, 4) is 0 Å². The van der Waals surface area contributed by atoms with Crippen molar-refractivity contribution >= 4 is 23.6 Å². The first-order valence-corrected chi connectivity index (χ1v) is 8.68. The van der Waals surface area contributed by atoms with Gasteiger partial charge in [-0.05, 0) is 25.5 Å². The molecule has 0 fully saturated rings. The highest BCUT2D eigenvalue weighted by atomic mass is 19.4. The Morgan fingerprint density at radius 3 is 2.46 bits per heavy atom. The van der Waals surface area contributed by atoms with Crippen LogP contribution < -0.4 is 16.0 Å². The van der Waals surface area contributed by atoms with Crippen molar-refractivity contribution in [2.24, 2.45) is 0 Å². The van der Waals surface area contributed by atoms with Crippen molar-refractivity contribution in [1.82, 2.24) is 10.6 Å². The minimum Gasteiger partial charge on any atom is -0.467 e. The first-order chi connectivity index (χ1) is 13.1. The maximum absolute atomic E-state index is 13.1. The lowest BCUT2D eigenvalue weighted by Crippen LogP contribution is -2.46. The van der Waals surface area contributed by atoms with E-state index >= 15 is 0 Å². The molecular formula is C18H24F3N3O4. The van der Waals surface area contributed by atoms with Gasteiger partial charge in [-0.1, -0.05) is 31.4 Å². The Balaban J connectivity index is 2.65. The highest BCUT2D eigenvalue weighted by molar-refractivity contribution is 5.93. The number of ether oxygens (including phenoxy) is 1. The standard InChI is InChI=1S/C18H24F3N3O4/c1-4-5-6-14(16(26)28-3)23-15(25)10-22-17(27)24-13-8-7-11(2)9-12(13)18(19,20)21/h7-9,14H,4-6,10H2,1-3H3,(H,23,25)(H2,22,24,27). The summed E-state index contributed by atoms with van der Waals surface area (Å²) < 4.78 is 43.8. The molecule has 28 heavy (non-hydrogen) atoms. The Bertz CT molecular complexity index is 708. The molecule has 3 N–H and O–H groups in total. The van der Waals surface area contributed by atoms with Gasteiger partial charge in [0.25, 0.3) is 0 Å². The van der Waals surface area contributed by atoms with E-state index in [4.69, 9.17) is 0 Å². The fourth-order valence-electron chi connectivity index (χ4n) is 2.37. The van der Waals surface area contributed by atoms with Crippen LogP contribution in [0.3, 0.4) is 0 Å². The molecule has 0 aliphatic rings. The maximum Gasteiger partial charge on any atom is 0.418 e. The summed E-state index contributed by atoms with van der Waals surface area (Å²) in [5.41, 5.74) is -1.03. The summed E-state index contributed by atoms with van der Waals surface area (Å²) in [6, 6.07) is 1.64. The summed E-state index contributed by atoms with van der Waals surface area (Å²) in [5, 5.41) is 6.67. The molecule has 156 valence electrons. The van der Waals surface area contributed by atoms with Crippen molar-refractivity contribution in [3.05, 3.63) is 29.3 Å². The predicted molar refractivity (Wildman–Crippen MR) is 96.7 cm³/mol. The number of anilines is 1. The van der Waals surface area contributed by atoms with Gasteiger partial charge in [0.1, 0.15) is 6.04 Å². The second kappa shape index (κ2) is 10.5. The number of carbonyl (C=O) groups is 3. The number of amides is 3. The number of unbranched alkanes of at least 4 members (excludes halogenated alkanes) is 1. The Labute approximate surface area is 161 Å². The molecule has 1 aromatic rings. The van der Waals surface area contributed by atoms with Crippen LogP contribution in [0.2, 0.25) is 0 Å². The number of esters is 1. The number of halogens is 3. The van der Waals surface area contributed by atoms with Crippen LogP contribution in [0.4, 0.5) is 23.7 Å². The number of rotatable bonds is 8. The van der Waals surface area contributed by atoms with Gasteiger partial charge < -0.3 is 20.7 Å². The van der Waals surface area contributed by atoms with Crippen LogP contribution in [-0.4, -0.2) is 37.6 Å². The smallest absolute Gasteiger partial charge is 0.418 e. The van der Waals surface area contributed by atoms with Gasteiger partial charge >= 0.3 is 18.2 Å². The summed E-state index contributed by atoms with van der Waals surface area (Å²) in [7, 11) is 1.19. The molecule has 0 aliphatic carbocycles. The first-order valence-electron chi connectivity index (χ1n) is 8.68. The lowest BCUT2D eigenvalue weighted by molar-refractivity contribution is -0.145. The molecule has 1 aromatic carbocycles. The van der Waals surface area contributed by atoms with Crippen molar-refractivity contribution < 1.29 is 32.3 Å². The van der Waals surface area contributed by atoms with E-state index in [9.17, 15) is 27.6 Å². The third kappa shape index (κ3) is 7.45. The van der Waals surface area contributed by atoms with E-state index in [0.717, 1.165) is 18.6 Å². The average molecular weight is 403 g/mol. The molecule has 0 saturated carbocycles. The van der Waals surface area contributed by atoms with Crippen LogP contribution in [0.25, 0.3) is 0 Å². The van der Waals surface area contributed by atoms with Gasteiger partial charge in [-0.25, -0.2) is 9.59 Å². The van der Waals surface area contributed by atoms with Crippen LogP contribution in [0, 0.1) is 6.92 Å². The minimum atomic E-state index is -4.64. The largest absolute Gasteiger partial charge is 0.467 e. The number of urea groups is 1. The van der Waals surface area contributed by atoms with Crippen molar-refractivity contribution in [2.75, 3.05) is 19.0 Å². The lowest BCUT2D eigenvalue weighted by atomic mass is 10.1. The molecule has 7 nitrogen and oxygen atoms in total. The molecule has 0 radical (unpaired) electrons. The summed E-state index contributed by atoms with van der Waals surface area (Å²) in [4.78, 5) is 35.4. The maximum atomic E-state index is 13.1. The van der Waals surface area contributed by atoms with E-state index in [0.29, 0.717) is 18.4 Å². The fraction of sp³-hybridized carbons (Fsp3) is 0.500. The van der Waals surface area contributed by atoms with Crippen LogP contribution in [0.1, 0.15) is 37.3 Å². The number of hydrogen-bond acceptors (Lipinski definition) is 4. The SMILES string of the molecule is CCCCC(NC(=O)CNC(=O)Nc1ccc(C)cc1C(F)(F)F)C(=O)OC. The molecule has 10 heteroatoms. The molecule has 3 amide bonds. The lowest BCUT2D eigenvalue weighted by Gasteiger charge is -2.17. The highest BCUT2D eigenvalue weighted by Crippen LogP contribution is 2.35. The Hall–Kier alpha value is -2.78. The summed E-state index contributed by atoms with van der Waals surface area (Å²) >= 11 is 0. The van der Waals surface area contributed by atoms with Crippen LogP contribution >= 0.6 is 0 Å². The molecule has 1 rings (SSSR count). The molecule has 0 spiro atoms. The zero-order chi connectivity index (χ0) is 21.3. The number of alkyl halides is 3. The van der Waals surface area contributed by atoms with Gasteiger partial charge in [0.2, 0.25) is 5.91 Å². The molecule has 0 heterocycles. The fourth-order valence-corrected chi connectivity index (χ4v) is 2.37. The second-order valence-corrected chi connectivity index (χ2v) is 6.14. The highest BCUT2D eigenvalue weighted by Gasteiger charge is 2.34. The molecule has 0 saturated heterocycles. The Kier molecular flexibility index (Phi) is 8.75. The first kappa shape index (κ1) is 23.3. The normalized spacial score (nSPS) is 12.1. The van der Waals surface area contributed by atoms with E-state index in [1.165, 1.54) is 20.1 Å². The average Bonchev–Trinajstić information content (AvgIpc) is 2.63. The van der Waals surface area contributed by atoms with Crippen LogP contribution in [0.5, 0.6) is 0 Å². The monoisotopic (exact) mass is 403 g/mol. The summed E-state index contributed by atoms with van der Waals surface area (Å²) in [5.74, 6) is -1.28. The van der Waals surface area contributed by atoms with Gasteiger partial charge in [0, 0.05) is 0 Å². The number of methoxy groups -OCH3 is 1. The number of benzene rings is 1. The van der Waals surface area contributed by atoms with E-state index in [2.05, 4.69) is 20.7 Å². The van der Waals surface area contributed by atoms with Gasteiger partial charge in [-0.2, -0.15) is 13.2 Å². The molecular weight excluding hydrogens is 379 g/mol. The predicted octanol–water partition coefficient (Wildman–Crippen LogP) is 2.98. The van der Waals surface area contributed by atoms with Crippen molar-refractivity contribution in [2.45, 2.75) is 45.3 Å². The second-order valence-electron chi connectivity index (χ2n) is 6.14. The van der Waals surface area contributed by atoms with E-state index in [-0.39, 0.29) is 0 Å². The third-order valence-corrected chi connectivity index (χ3v) is 3.81. The zero-order valence-electron chi connectivity index (χ0n) is 15.9. The Morgan fingerprint density at radius 2 is 1.89 bits per heavy atom. The third-order valence-electron chi connectivity index (χ3n) is 3.81. The topological polar surface area (TPSA) is 96.5 Å². The number of aryl methyl sites for hydroxylation is 1. The van der Waals surface area contributed by atoms with E-state index < -0.39 is 47.9 Å². The van der Waals surface area contributed by atoms with Crippen molar-refractivity contribution in [1.29, 1.82) is 0 Å². The summed E-state index contributed by atoms with van der Waals surface area (Å²) in [6.45, 7) is 2.90. The van der Waals surface area contributed by atoms with Gasteiger partial charge in [0.05, 0.1) is 24.9 Å². The van der Waals surface area contributed by atoms with Crippen molar-refractivity contribution in [3.63, 3.8) is 0 Å². The number of nitrogens with one attached hydrogen (secondary N) is 3.